The number of amides is 1. The van der Waals surface area contributed by atoms with Crippen molar-refractivity contribution in [3.05, 3.63) is 72.2 Å². The molecule has 3 aromatic heterocycles. The van der Waals surface area contributed by atoms with Gasteiger partial charge in [0.1, 0.15) is 16.9 Å². The monoisotopic (exact) mass is 469 g/mol. The van der Waals surface area contributed by atoms with Gasteiger partial charge in [0, 0.05) is 41.7 Å². The lowest BCUT2D eigenvalue weighted by molar-refractivity contribution is -0.109. The van der Waals surface area contributed by atoms with E-state index in [9.17, 15) is 9.90 Å². The third-order valence-electron chi connectivity index (χ3n) is 7.11. The van der Waals surface area contributed by atoms with Crippen molar-refractivity contribution in [1.82, 2.24) is 14.9 Å². The highest BCUT2D eigenvalue weighted by Crippen LogP contribution is 2.38. The van der Waals surface area contributed by atoms with Crippen molar-refractivity contribution in [2.45, 2.75) is 37.8 Å². The van der Waals surface area contributed by atoms with Crippen molar-refractivity contribution in [3.8, 4) is 22.5 Å². The van der Waals surface area contributed by atoms with Crippen LogP contribution in [-0.2, 0) is 10.3 Å². The predicted molar refractivity (Wildman–Crippen MR) is 132 cm³/mol. The summed E-state index contributed by atoms with van der Waals surface area (Å²) in [4.78, 5) is 23.9. The summed E-state index contributed by atoms with van der Waals surface area (Å²) in [6, 6.07) is 15.1. The van der Waals surface area contributed by atoms with Crippen LogP contribution in [0.4, 0.5) is 0 Å². The molecule has 7 heteroatoms. The lowest BCUT2D eigenvalue weighted by atomic mass is 9.93. The van der Waals surface area contributed by atoms with E-state index in [4.69, 9.17) is 9.15 Å². The topological polar surface area (TPSA) is 88.7 Å². The number of carbonyl (C=O) groups is 1. The van der Waals surface area contributed by atoms with E-state index in [-0.39, 0.29) is 11.4 Å². The molecule has 5 heterocycles. The molecule has 0 aliphatic carbocycles. The number of rotatable bonds is 4. The molecule has 2 fully saturated rings. The molecule has 35 heavy (non-hydrogen) atoms. The fourth-order valence-corrected chi connectivity index (χ4v) is 5.07. The average Bonchev–Trinajstić information content (AvgIpc) is 3.48. The lowest BCUT2D eigenvalue weighted by Crippen LogP contribution is -2.60. The van der Waals surface area contributed by atoms with Gasteiger partial charge in [-0.25, -0.2) is 0 Å². The molecule has 0 bridgehead atoms. The Balaban J connectivity index is 1.31. The third-order valence-corrected chi connectivity index (χ3v) is 7.11. The summed E-state index contributed by atoms with van der Waals surface area (Å²) in [6.07, 6.45) is 5.48. The normalized spacial score (nSPS) is 17.2. The van der Waals surface area contributed by atoms with Gasteiger partial charge >= 0.3 is 0 Å². The van der Waals surface area contributed by atoms with E-state index in [0.717, 1.165) is 41.6 Å². The van der Waals surface area contributed by atoms with Gasteiger partial charge in [-0.05, 0) is 62.6 Å². The quantitative estimate of drug-likeness (QED) is 0.462. The average molecular weight is 470 g/mol. The second-order valence-electron chi connectivity index (χ2n) is 10.0. The van der Waals surface area contributed by atoms with E-state index in [0.29, 0.717) is 35.8 Å². The molecule has 1 N–H and O–H groups in total. The van der Waals surface area contributed by atoms with Crippen molar-refractivity contribution in [1.29, 1.82) is 0 Å². The first-order chi connectivity index (χ1) is 16.8. The maximum Gasteiger partial charge on any atom is 0.254 e. The number of fused-ring (bicyclic) bond motifs is 1. The van der Waals surface area contributed by atoms with Gasteiger partial charge in [0.15, 0.2) is 5.58 Å². The molecule has 0 unspecified atom stereocenters. The summed E-state index contributed by atoms with van der Waals surface area (Å²) in [5, 5.41) is 10.4. The van der Waals surface area contributed by atoms with Crippen molar-refractivity contribution in [3.63, 3.8) is 0 Å². The number of aromatic nitrogens is 2. The molecule has 1 spiro atoms. The summed E-state index contributed by atoms with van der Waals surface area (Å²) < 4.78 is 11.7. The SMILES string of the molecule is CC(C)(O)c1cc(-c2ccnc3cc(-c4ccc(C(=O)N5CCCC56COC6)cc4)oc23)ccn1. The Morgan fingerprint density at radius 1 is 1.03 bits per heavy atom. The van der Waals surface area contributed by atoms with E-state index in [1.807, 2.05) is 53.4 Å². The number of ether oxygens (including phenoxy) is 1. The highest BCUT2D eigenvalue weighted by molar-refractivity contribution is 5.96. The molecule has 178 valence electrons. The number of nitrogens with zero attached hydrogens (tertiary/aromatic N) is 3. The maximum absolute atomic E-state index is 13.2. The molecular formula is C28H27N3O4. The summed E-state index contributed by atoms with van der Waals surface area (Å²) in [6.45, 7) is 5.49. The molecule has 4 aromatic rings. The Morgan fingerprint density at radius 3 is 2.51 bits per heavy atom. The van der Waals surface area contributed by atoms with Gasteiger partial charge < -0.3 is 19.2 Å². The smallest absolute Gasteiger partial charge is 0.254 e. The second-order valence-corrected chi connectivity index (χ2v) is 10.0. The minimum Gasteiger partial charge on any atom is -0.454 e. The zero-order valence-electron chi connectivity index (χ0n) is 19.8. The van der Waals surface area contributed by atoms with Gasteiger partial charge in [-0.1, -0.05) is 12.1 Å². The van der Waals surface area contributed by atoms with Crippen molar-refractivity contribution < 1.29 is 19.1 Å². The number of likely N-dealkylation sites (tertiary alicyclic amines) is 1. The molecule has 2 saturated heterocycles. The van der Waals surface area contributed by atoms with Crippen molar-refractivity contribution >= 4 is 17.0 Å². The third kappa shape index (κ3) is 3.72. The zero-order valence-corrected chi connectivity index (χ0v) is 19.8. The number of hydrogen-bond acceptors (Lipinski definition) is 6. The van der Waals surface area contributed by atoms with Gasteiger partial charge in [0.2, 0.25) is 0 Å². The Labute approximate surface area is 203 Å². The van der Waals surface area contributed by atoms with Gasteiger partial charge in [-0.3, -0.25) is 14.8 Å². The fraction of sp³-hybridized carbons (Fsp3) is 0.321. The van der Waals surface area contributed by atoms with Crippen LogP contribution in [0.1, 0.15) is 42.7 Å². The first-order valence-corrected chi connectivity index (χ1v) is 11.9. The van der Waals surface area contributed by atoms with E-state index in [2.05, 4.69) is 9.97 Å². The van der Waals surface area contributed by atoms with Crippen LogP contribution in [0, 0.1) is 0 Å². The van der Waals surface area contributed by atoms with E-state index in [1.54, 1.807) is 26.2 Å². The number of aliphatic hydroxyl groups is 1. The minimum atomic E-state index is -1.05. The molecule has 1 aromatic carbocycles. The number of carbonyl (C=O) groups excluding carboxylic acids is 1. The van der Waals surface area contributed by atoms with Gasteiger partial charge in [-0.2, -0.15) is 0 Å². The van der Waals surface area contributed by atoms with E-state index >= 15 is 0 Å². The molecule has 0 radical (unpaired) electrons. The molecular weight excluding hydrogens is 442 g/mol. The molecule has 1 amide bonds. The number of benzene rings is 1. The van der Waals surface area contributed by atoms with Crippen molar-refractivity contribution in [2.75, 3.05) is 19.8 Å². The summed E-state index contributed by atoms with van der Waals surface area (Å²) in [7, 11) is 0. The number of furan rings is 1. The van der Waals surface area contributed by atoms with Gasteiger partial charge in [0.05, 0.1) is 24.4 Å². The molecule has 0 atom stereocenters. The number of pyridine rings is 2. The lowest BCUT2D eigenvalue weighted by Gasteiger charge is -2.45. The molecule has 7 nitrogen and oxygen atoms in total. The van der Waals surface area contributed by atoms with Crippen LogP contribution >= 0.6 is 0 Å². The predicted octanol–water partition coefficient (Wildman–Crippen LogP) is 4.79. The zero-order chi connectivity index (χ0) is 24.2. The van der Waals surface area contributed by atoms with Crippen LogP contribution in [0.25, 0.3) is 33.6 Å². The van der Waals surface area contributed by atoms with Crippen LogP contribution < -0.4 is 0 Å². The van der Waals surface area contributed by atoms with Crippen LogP contribution in [0.15, 0.2) is 65.3 Å². The number of hydrogen-bond donors (Lipinski definition) is 1. The fourth-order valence-electron chi connectivity index (χ4n) is 5.07. The summed E-state index contributed by atoms with van der Waals surface area (Å²) in [5.41, 5.74) is 4.16. The standard InChI is InChI=1S/C28H27N3O4/c1-27(2,33)24-14-20(8-11-30-24)21-9-12-29-22-15-23(35-25(21)22)18-4-6-19(7-5-18)26(32)31-13-3-10-28(31)16-34-17-28/h4-9,11-12,14-15,33H,3,10,13,16-17H2,1-2H3. The molecule has 0 saturated carbocycles. The first-order valence-electron chi connectivity index (χ1n) is 11.9. The molecule has 6 rings (SSSR count). The highest BCUT2D eigenvalue weighted by atomic mass is 16.5. The van der Waals surface area contributed by atoms with E-state index < -0.39 is 5.60 Å². The minimum absolute atomic E-state index is 0.0613. The Kier molecular flexibility index (Phi) is 5.02. The van der Waals surface area contributed by atoms with Crippen LogP contribution in [0.3, 0.4) is 0 Å². The summed E-state index contributed by atoms with van der Waals surface area (Å²) in [5.74, 6) is 0.743. The maximum atomic E-state index is 13.2. The van der Waals surface area contributed by atoms with Crippen LogP contribution in [-0.4, -0.2) is 51.2 Å². The second kappa shape index (κ2) is 8.00. The molecule has 2 aliphatic heterocycles. The van der Waals surface area contributed by atoms with Crippen LogP contribution in [0.2, 0.25) is 0 Å². The Hall–Kier alpha value is -3.55. The van der Waals surface area contributed by atoms with Crippen LogP contribution in [0.5, 0.6) is 0 Å². The van der Waals surface area contributed by atoms with Gasteiger partial charge in [0.25, 0.3) is 5.91 Å². The highest BCUT2D eigenvalue weighted by Gasteiger charge is 2.49. The van der Waals surface area contributed by atoms with Crippen molar-refractivity contribution in [2.24, 2.45) is 0 Å². The summed E-state index contributed by atoms with van der Waals surface area (Å²) >= 11 is 0. The largest absolute Gasteiger partial charge is 0.454 e. The van der Waals surface area contributed by atoms with E-state index in [1.165, 1.54) is 0 Å². The molecule has 2 aliphatic rings. The first kappa shape index (κ1) is 21.9. The Bertz CT molecular complexity index is 1410. The van der Waals surface area contributed by atoms with Gasteiger partial charge in [-0.15, -0.1) is 0 Å². The Morgan fingerprint density at radius 2 is 1.80 bits per heavy atom.